The van der Waals surface area contributed by atoms with Gasteiger partial charge in [-0.25, -0.2) is 9.88 Å². The number of rotatable bonds is 4. The van der Waals surface area contributed by atoms with Gasteiger partial charge < -0.3 is 9.88 Å². The lowest BCUT2D eigenvalue weighted by Gasteiger charge is -2.17. The number of aromatic nitrogens is 2. The normalized spacial score (nSPS) is 14.5. The molecule has 0 saturated heterocycles. The largest absolute Gasteiger partial charge is 0.334 e. The number of nitrogens with zero attached hydrogens (tertiary/aromatic N) is 3. The standard InChI is InChI=1S/C30H26N4O3/c1-18-9-10-19(2)26(14-18)34-29(36)23-12-11-21(16-24(23)30(34)37)28(35)31-22-7-5-6-20(15-22)25-17-33-13-4-3-8-27(33)32-25/h5-7,9-12,14-17H,3-4,8,13H2,1-2H3,(H,31,35). The van der Waals surface area contributed by atoms with E-state index in [9.17, 15) is 14.4 Å². The van der Waals surface area contributed by atoms with E-state index in [0.29, 0.717) is 22.5 Å². The number of hydrogen-bond donors (Lipinski definition) is 1. The van der Waals surface area contributed by atoms with Gasteiger partial charge in [0.25, 0.3) is 17.7 Å². The van der Waals surface area contributed by atoms with Crippen molar-refractivity contribution in [2.45, 2.75) is 39.7 Å². The number of nitrogens with one attached hydrogen (secondary N) is 1. The third-order valence-electron chi connectivity index (χ3n) is 7.08. The van der Waals surface area contributed by atoms with Crippen LogP contribution in [0.2, 0.25) is 0 Å². The van der Waals surface area contributed by atoms with Crippen LogP contribution in [-0.2, 0) is 13.0 Å². The van der Waals surface area contributed by atoms with E-state index in [2.05, 4.69) is 16.1 Å². The van der Waals surface area contributed by atoms with Crippen molar-refractivity contribution in [3.8, 4) is 11.3 Å². The van der Waals surface area contributed by atoms with Crippen LogP contribution in [0, 0.1) is 13.8 Å². The van der Waals surface area contributed by atoms with Gasteiger partial charge >= 0.3 is 0 Å². The highest BCUT2D eigenvalue weighted by molar-refractivity contribution is 6.35. The van der Waals surface area contributed by atoms with Gasteiger partial charge in [0.1, 0.15) is 5.82 Å². The minimum atomic E-state index is -0.422. The second-order valence-corrected chi connectivity index (χ2v) is 9.72. The number of anilines is 2. The van der Waals surface area contributed by atoms with Crippen LogP contribution in [0.3, 0.4) is 0 Å². The fourth-order valence-corrected chi connectivity index (χ4v) is 5.07. The van der Waals surface area contributed by atoms with Gasteiger partial charge in [0.15, 0.2) is 0 Å². The van der Waals surface area contributed by atoms with Crippen LogP contribution in [0.15, 0.2) is 66.9 Å². The highest BCUT2D eigenvalue weighted by Gasteiger charge is 2.37. The van der Waals surface area contributed by atoms with Gasteiger partial charge in [-0.1, -0.05) is 24.3 Å². The van der Waals surface area contributed by atoms with Crippen LogP contribution < -0.4 is 10.2 Å². The average molecular weight is 491 g/mol. The Kier molecular flexibility index (Phi) is 5.48. The molecule has 0 radical (unpaired) electrons. The van der Waals surface area contributed by atoms with Gasteiger partial charge in [-0.3, -0.25) is 14.4 Å². The molecule has 1 aromatic heterocycles. The minimum Gasteiger partial charge on any atom is -0.334 e. The number of aryl methyl sites for hydroxylation is 4. The summed E-state index contributed by atoms with van der Waals surface area (Å²) in [5.74, 6) is -0.0531. The maximum Gasteiger partial charge on any atom is 0.266 e. The van der Waals surface area contributed by atoms with E-state index in [1.807, 2.05) is 56.3 Å². The number of carbonyl (C=O) groups excluding carboxylic acids is 3. The first-order valence-electron chi connectivity index (χ1n) is 12.5. The maximum atomic E-state index is 13.3. The molecule has 184 valence electrons. The average Bonchev–Trinajstić information content (AvgIpc) is 3.44. The SMILES string of the molecule is Cc1ccc(C)c(N2C(=O)c3ccc(C(=O)Nc4cccc(-c5cn6c(n5)CCCC6)c4)cc3C2=O)c1. The van der Waals surface area contributed by atoms with Crippen LogP contribution in [0.25, 0.3) is 11.3 Å². The molecule has 6 rings (SSSR count). The van der Waals surface area contributed by atoms with Crippen LogP contribution in [0.4, 0.5) is 11.4 Å². The van der Waals surface area contributed by atoms with Crippen LogP contribution in [-0.4, -0.2) is 27.3 Å². The van der Waals surface area contributed by atoms with Gasteiger partial charge in [-0.05, 0) is 74.2 Å². The third-order valence-corrected chi connectivity index (χ3v) is 7.08. The summed E-state index contributed by atoms with van der Waals surface area (Å²) in [7, 11) is 0. The van der Waals surface area contributed by atoms with Crippen molar-refractivity contribution in [2.24, 2.45) is 0 Å². The second kappa shape index (κ2) is 8.85. The zero-order valence-corrected chi connectivity index (χ0v) is 20.7. The summed E-state index contributed by atoms with van der Waals surface area (Å²) in [5, 5.41) is 2.92. The van der Waals surface area contributed by atoms with Crippen molar-refractivity contribution < 1.29 is 14.4 Å². The molecule has 0 spiro atoms. The fourth-order valence-electron chi connectivity index (χ4n) is 5.07. The molecule has 0 atom stereocenters. The molecule has 0 unspecified atom stereocenters. The Morgan fingerprint density at radius 1 is 0.919 bits per heavy atom. The number of fused-ring (bicyclic) bond motifs is 2. The first kappa shape index (κ1) is 22.9. The lowest BCUT2D eigenvalue weighted by atomic mass is 10.0. The Balaban J connectivity index is 1.25. The zero-order chi connectivity index (χ0) is 25.7. The molecule has 3 aromatic carbocycles. The molecule has 4 aromatic rings. The molecule has 2 aliphatic heterocycles. The Labute approximate surface area is 214 Å². The molecule has 3 amide bonds. The first-order chi connectivity index (χ1) is 17.9. The summed E-state index contributed by atoms with van der Waals surface area (Å²) in [6.45, 7) is 4.77. The van der Waals surface area contributed by atoms with E-state index in [1.165, 1.54) is 11.0 Å². The Hall–Kier alpha value is -4.52. The number of imidazole rings is 1. The van der Waals surface area contributed by atoms with Gasteiger partial charge in [-0.2, -0.15) is 0 Å². The molecule has 0 saturated carbocycles. The summed E-state index contributed by atoms with van der Waals surface area (Å²) in [4.78, 5) is 45.4. The molecule has 2 aliphatic rings. The molecule has 3 heterocycles. The molecular weight excluding hydrogens is 464 g/mol. The highest BCUT2D eigenvalue weighted by atomic mass is 16.2. The summed E-state index contributed by atoms with van der Waals surface area (Å²) < 4.78 is 2.20. The summed E-state index contributed by atoms with van der Waals surface area (Å²) in [6, 6.07) is 17.9. The number of benzene rings is 3. The first-order valence-corrected chi connectivity index (χ1v) is 12.5. The Morgan fingerprint density at radius 3 is 2.59 bits per heavy atom. The lowest BCUT2D eigenvalue weighted by molar-refractivity contribution is 0.0925. The number of carbonyl (C=O) groups is 3. The smallest absolute Gasteiger partial charge is 0.266 e. The monoisotopic (exact) mass is 490 g/mol. The molecule has 7 heteroatoms. The van der Waals surface area contributed by atoms with E-state index in [0.717, 1.165) is 54.0 Å². The van der Waals surface area contributed by atoms with Crippen molar-refractivity contribution in [1.29, 1.82) is 0 Å². The van der Waals surface area contributed by atoms with Crippen LogP contribution in [0.1, 0.15) is 60.9 Å². The molecule has 1 N–H and O–H groups in total. The zero-order valence-electron chi connectivity index (χ0n) is 20.7. The van der Waals surface area contributed by atoms with E-state index in [1.54, 1.807) is 12.1 Å². The van der Waals surface area contributed by atoms with Crippen molar-refractivity contribution in [3.63, 3.8) is 0 Å². The van der Waals surface area contributed by atoms with Crippen molar-refractivity contribution in [1.82, 2.24) is 9.55 Å². The molecule has 0 fully saturated rings. The van der Waals surface area contributed by atoms with Gasteiger partial charge in [0, 0.05) is 36.0 Å². The van der Waals surface area contributed by atoms with Crippen LogP contribution >= 0.6 is 0 Å². The topological polar surface area (TPSA) is 84.3 Å². The van der Waals surface area contributed by atoms with Gasteiger partial charge in [0.05, 0.1) is 22.5 Å². The van der Waals surface area contributed by atoms with Crippen molar-refractivity contribution >= 4 is 29.1 Å². The summed E-state index contributed by atoms with van der Waals surface area (Å²) in [5.41, 5.74) is 5.64. The molecule has 37 heavy (non-hydrogen) atoms. The van der Waals surface area contributed by atoms with Crippen LogP contribution in [0.5, 0.6) is 0 Å². The van der Waals surface area contributed by atoms with Gasteiger partial charge in [0.2, 0.25) is 0 Å². The van der Waals surface area contributed by atoms with E-state index < -0.39 is 5.91 Å². The molecule has 7 nitrogen and oxygen atoms in total. The lowest BCUT2D eigenvalue weighted by Crippen LogP contribution is -2.30. The van der Waals surface area contributed by atoms with E-state index in [-0.39, 0.29) is 17.4 Å². The minimum absolute atomic E-state index is 0.232. The Morgan fingerprint density at radius 2 is 1.76 bits per heavy atom. The second-order valence-electron chi connectivity index (χ2n) is 9.72. The van der Waals surface area contributed by atoms with E-state index >= 15 is 0 Å². The highest BCUT2D eigenvalue weighted by Crippen LogP contribution is 2.32. The number of hydrogen-bond acceptors (Lipinski definition) is 4. The van der Waals surface area contributed by atoms with E-state index in [4.69, 9.17) is 4.98 Å². The predicted molar refractivity (Wildman–Crippen MR) is 142 cm³/mol. The quantitative estimate of drug-likeness (QED) is 0.380. The maximum absolute atomic E-state index is 13.3. The molecule has 0 bridgehead atoms. The molecule has 0 aliphatic carbocycles. The third kappa shape index (κ3) is 4.02. The molecular formula is C30H26N4O3. The number of amides is 3. The van der Waals surface area contributed by atoms with Crippen molar-refractivity contribution in [2.75, 3.05) is 10.2 Å². The number of imide groups is 1. The van der Waals surface area contributed by atoms with Gasteiger partial charge in [-0.15, -0.1) is 0 Å². The summed E-state index contributed by atoms with van der Waals surface area (Å²) >= 11 is 0. The van der Waals surface area contributed by atoms with Crippen molar-refractivity contribution in [3.05, 3.63) is 101 Å². The Bertz CT molecular complexity index is 1580. The predicted octanol–water partition coefficient (Wildman–Crippen LogP) is 5.56. The summed E-state index contributed by atoms with van der Waals surface area (Å²) in [6.07, 6.45) is 5.37. The fraction of sp³-hybridized carbons (Fsp3) is 0.200.